The number of nitrogens with one attached hydrogen (secondary N) is 1. The van der Waals surface area contributed by atoms with Gasteiger partial charge in [-0.1, -0.05) is 51.1 Å². The molecule has 2 aromatic heterocycles. The van der Waals surface area contributed by atoms with Gasteiger partial charge in [-0.3, -0.25) is 9.78 Å². The van der Waals surface area contributed by atoms with Crippen LogP contribution in [0.2, 0.25) is 18.1 Å². The average molecular weight is 433 g/mol. The van der Waals surface area contributed by atoms with Gasteiger partial charge in [0, 0.05) is 48.5 Å². The molecule has 1 aromatic carbocycles. The molecule has 0 spiro atoms. The van der Waals surface area contributed by atoms with E-state index < -0.39 is 8.32 Å². The maximum absolute atomic E-state index is 13.4. The van der Waals surface area contributed by atoms with E-state index in [2.05, 4.69) is 56.0 Å². The van der Waals surface area contributed by atoms with Gasteiger partial charge in [-0.15, -0.1) is 0 Å². The quantitative estimate of drug-likeness (QED) is 0.489. The summed E-state index contributed by atoms with van der Waals surface area (Å²) in [6.07, 6.45) is 5.47. The molecule has 2 heterocycles. The molecule has 4 nitrogen and oxygen atoms in total. The van der Waals surface area contributed by atoms with Crippen LogP contribution in [0.3, 0.4) is 0 Å². The number of hydrogen-bond donors (Lipinski definition) is 1. The topological polar surface area (TPSA) is 55.0 Å². The summed E-state index contributed by atoms with van der Waals surface area (Å²) in [6, 6.07) is 14.4. The zero-order valence-corrected chi connectivity index (χ0v) is 20.2. The number of carbonyl (C=O) groups excluding carboxylic acids is 1. The zero-order valence-electron chi connectivity index (χ0n) is 19.2. The minimum Gasteiger partial charge on any atom is -0.413 e. The number of ketones is 1. The largest absolute Gasteiger partial charge is 0.413 e. The number of carbonyl (C=O) groups is 1. The van der Waals surface area contributed by atoms with Crippen LogP contribution >= 0.6 is 0 Å². The van der Waals surface area contributed by atoms with Gasteiger partial charge in [-0.2, -0.15) is 0 Å². The van der Waals surface area contributed by atoms with Gasteiger partial charge in [0.15, 0.2) is 14.1 Å². The molecule has 3 aromatic rings. The van der Waals surface area contributed by atoms with Crippen molar-refractivity contribution in [3.63, 3.8) is 0 Å². The molecule has 0 saturated carbocycles. The molecule has 0 amide bonds. The fourth-order valence-corrected chi connectivity index (χ4v) is 5.47. The molecule has 0 saturated heterocycles. The number of aromatic nitrogens is 2. The lowest BCUT2D eigenvalue weighted by Crippen LogP contribution is -2.45. The third kappa shape index (κ3) is 4.43. The Hall–Kier alpha value is -2.50. The minimum atomic E-state index is -1.95. The maximum Gasteiger partial charge on any atom is 0.192 e. The Morgan fingerprint density at radius 1 is 1.06 bits per heavy atom. The van der Waals surface area contributed by atoms with E-state index in [0.717, 1.165) is 40.9 Å². The van der Waals surface area contributed by atoms with Crippen LogP contribution in [-0.4, -0.2) is 30.2 Å². The second-order valence-corrected chi connectivity index (χ2v) is 14.8. The van der Waals surface area contributed by atoms with Crippen molar-refractivity contribution in [2.75, 3.05) is 0 Å². The summed E-state index contributed by atoms with van der Waals surface area (Å²) >= 11 is 0. The van der Waals surface area contributed by atoms with Crippen molar-refractivity contribution in [2.24, 2.45) is 0 Å². The molecule has 1 aliphatic rings. The lowest BCUT2D eigenvalue weighted by molar-refractivity contribution is 0.0864. The molecule has 4 rings (SSSR count). The van der Waals surface area contributed by atoms with E-state index in [1.807, 2.05) is 30.3 Å². The lowest BCUT2D eigenvalue weighted by atomic mass is 9.88. The molecule has 1 unspecified atom stereocenters. The number of H-pyrrole nitrogens is 1. The van der Waals surface area contributed by atoms with Crippen molar-refractivity contribution in [2.45, 2.75) is 64.3 Å². The number of rotatable bonds is 5. The van der Waals surface area contributed by atoms with Crippen molar-refractivity contribution >= 4 is 14.1 Å². The van der Waals surface area contributed by atoms with Crippen LogP contribution in [0.15, 0.2) is 54.9 Å². The SMILES string of the molecule is CC(C)(C)[Si](C)(C)OC1CC(=O)c2c([nH]c(-c3ccncc3)c2Cc2ccccc2)C1. The predicted octanol–water partition coefficient (Wildman–Crippen LogP) is 6.19. The average Bonchev–Trinajstić information content (AvgIpc) is 3.07. The van der Waals surface area contributed by atoms with E-state index in [4.69, 9.17) is 4.43 Å². The van der Waals surface area contributed by atoms with E-state index in [9.17, 15) is 4.79 Å². The Morgan fingerprint density at radius 3 is 2.39 bits per heavy atom. The number of hydrogen-bond acceptors (Lipinski definition) is 3. The highest BCUT2D eigenvalue weighted by Crippen LogP contribution is 2.40. The number of nitrogens with zero attached hydrogens (tertiary/aromatic N) is 1. The summed E-state index contributed by atoms with van der Waals surface area (Å²) in [6.45, 7) is 11.2. The van der Waals surface area contributed by atoms with E-state index >= 15 is 0 Å². The van der Waals surface area contributed by atoms with Crippen molar-refractivity contribution in [3.8, 4) is 11.3 Å². The summed E-state index contributed by atoms with van der Waals surface area (Å²) < 4.78 is 6.63. The Labute approximate surface area is 186 Å². The second kappa shape index (κ2) is 8.21. The van der Waals surface area contributed by atoms with Gasteiger partial charge in [-0.05, 0) is 41.4 Å². The number of fused-ring (bicyclic) bond motifs is 1. The Bertz CT molecular complexity index is 1070. The Morgan fingerprint density at radius 2 is 1.74 bits per heavy atom. The smallest absolute Gasteiger partial charge is 0.192 e. The van der Waals surface area contributed by atoms with Crippen LogP contribution in [0.25, 0.3) is 11.3 Å². The molecule has 1 atom stereocenters. The molecule has 5 heteroatoms. The fraction of sp³-hybridized carbons (Fsp3) is 0.385. The molecule has 31 heavy (non-hydrogen) atoms. The zero-order chi connectivity index (χ0) is 22.2. The Balaban J connectivity index is 1.73. The van der Waals surface area contributed by atoms with Crippen LogP contribution in [0.4, 0.5) is 0 Å². The first kappa shape index (κ1) is 21.7. The van der Waals surface area contributed by atoms with Gasteiger partial charge in [0.05, 0.1) is 11.8 Å². The van der Waals surface area contributed by atoms with Gasteiger partial charge < -0.3 is 9.41 Å². The maximum atomic E-state index is 13.4. The minimum absolute atomic E-state index is 0.0607. The Kier molecular flexibility index (Phi) is 5.75. The third-order valence-corrected chi connectivity index (χ3v) is 11.3. The monoisotopic (exact) mass is 432 g/mol. The number of aromatic amines is 1. The molecule has 1 aliphatic carbocycles. The van der Waals surface area contributed by atoms with E-state index in [0.29, 0.717) is 6.42 Å². The standard InChI is InChI=1S/C26H32N2O2Si/c1-26(2,3)31(4,5)30-20-16-22-24(23(29)17-20)21(15-18-9-7-6-8-10-18)25(28-22)19-11-13-27-14-12-19/h6-14,20,28H,15-17H2,1-5H3. The van der Waals surface area contributed by atoms with Gasteiger partial charge in [0.2, 0.25) is 0 Å². The lowest BCUT2D eigenvalue weighted by Gasteiger charge is -2.40. The highest BCUT2D eigenvalue weighted by molar-refractivity contribution is 6.74. The van der Waals surface area contributed by atoms with Gasteiger partial charge in [-0.25, -0.2) is 0 Å². The molecular weight excluding hydrogens is 400 g/mol. The van der Waals surface area contributed by atoms with Crippen molar-refractivity contribution < 1.29 is 9.22 Å². The summed E-state index contributed by atoms with van der Waals surface area (Å²) in [7, 11) is -1.95. The van der Waals surface area contributed by atoms with E-state index in [1.165, 1.54) is 5.56 Å². The van der Waals surface area contributed by atoms with Gasteiger partial charge in [0.1, 0.15) is 0 Å². The van der Waals surface area contributed by atoms with E-state index in [1.54, 1.807) is 12.4 Å². The predicted molar refractivity (Wildman–Crippen MR) is 128 cm³/mol. The first-order valence-electron chi connectivity index (χ1n) is 11.0. The summed E-state index contributed by atoms with van der Waals surface area (Å²) in [4.78, 5) is 21.2. The van der Waals surface area contributed by atoms with Crippen LogP contribution in [0.5, 0.6) is 0 Å². The summed E-state index contributed by atoms with van der Waals surface area (Å²) in [5.74, 6) is 0.187. The van der Waals surface area contributed by atoms with Crippen LogP contribution in [0, 0.1) is 0 Å². The normalized spacial score (nSPS) is 16.9. The molecule has 0 radical (unpaired) electrons. The van der Waals surface area contributed by atoms with Crippen molar-refractivity contribution in [1.29, 1.82) is 0 Å². The highest BCUT2D eigenvalue weighted by Gasteiger charge is 2.41. The van der Waals surface area contributed by atoms with Crippen molar-refractivity contribution in [1.82, 2.24) is 9.97 Å². The summed E-state index contributed by atoms with van der Waals surface area (Å²) in [5, 5.41) is 0.118. The number of Topliss-reactive ketones (excluding diaryl/α,β-unsaturated/α-hetero) is 1. The molecule has 1 N–H and O–H groups in total. The van der Waals surface area contributed by atoms with Crippen LogP contribution < -0.4 is 0 Å². The van der Waals surface area contributed by atoms with Crippen LogP contribution in [-0.2, 0) is 17.3 Å². The number of pyridine rings is 1. The first-order chi connectivity index (χ1) is 14.7. The second-order valence-electron chi connectivity index (χ2n) is 10.1. The number of benzene rings is 1. The fourth-order valence-electron chi connectivity index (χ4n) is 4.11. The molecule has 0 bridgehead atoms. The molecule has 0 aliphatic heterocycles. The highest BCUT2D eigenvalue weighted by atomic mass is 28.4. The first-order valence-corrected chi connectivity index (χ1v) is 14.0. The van der Waals surface area contributed by atoms with Crippen molar-refractivity contribution in [3.05, 3.63) is 77.2 Å². The molecule has 0 fully saturated rings. The van der Waals surface area contributed by atoms with Gasteiger partial charge >= 0.3 is 0 Å². The van der Waals surface area contributed by atoms with E-state index in [-0.39, 0.29) is 16.9 Å². The summed E-state index contributed by atoms with van der Waals surface area (Å²) in [5.41, 5.74) is 6.25. The van der Waals surface area contributed by atoms with Crippen LogP contribution in [0.1, 0.15) is 54.4 Å². The third-order valence-electron chi connectivity index (χ3n) is 6.77. The molecule has 162 valence electrons. The van der Waals surface area contributed by atoms with Gasteiger partial charge in [0.25, 0.3) is 0 Å². The molecular formula is C26H32N2O2Si.